The third-order valence-electron chi connectivity index (χ3n) is 3.79. The van der Waals surface area contributed by atoms with Gasteiger partial charge in [-0.3, -0.25) is 4.90 Å². The molecule has 0 aliphatic heterocycles. The van der Waals surface area contributed by atoms with Crippen LogP contribution in [0.3, 0.4) is 0 Å². The molecule has 0 unspecified atom stereocenters. The highest BCUT2D eigenvalue weighted by Gasteiger charge is 2.08. The maximum atomic E-state index is 9.06. The van der Waals surface area contributed by atoms with Crippen LogP contribution in [0.4, 0.5) is 0 Å². The summed E-state index contributed by atoms with van der Waals surface area (Å²) in [5.41, 5.74) is 3.26. The van der Waals surface area contributed by atoms with Crippen molar-refractivity contribution in [2.45, 2.75) is 19.5 Å². The summed E-state index contributed by atoms with van der Waals surface area (Å²) in [5, 5.41) is 9.06. The van der Waals surface area contributed by atoms with E-state index in [0.717, 1.165) is 38.2 Å². The Bertz CT molecular complexity index is 629. The second-order valence-electron chi connectivity index (χ2n) is 6.17. The van der Waals surface area contributed by atoms with Gasteiger partial charge in [-0.05, 0) is 50.3 Å². The van der Waals surface area contributed by atoms with Crippen molar-refractivity contribution in [2.24, 2.45) is 0 Å². The van der Waals surface area contributed by atoms with Crippen molar-refractivity contribution in [3.63, 3.8) is 0 Å². The minimum Gasteiger partial charge on any atom is -0.309 e. The summed E-state index contributed by atoms with van der Waals surface area (Å²) in [7, 11) is 4.22. The molecule has 3 heteroatoms. The van der Waals surface area contributed by atoms with Crippen molar-refractivity contribution < 1.29 is 0 Å². The summed E-state index contributed by atoms with van der Waals surface area (Å²) < 4.78 is 0. The zero-order chi connectivity index (χ0) is 16.5. The van der Waals surface area contributed by atoms with E-state index >= 15 is 0 Å². The van der Waals surface area contributed by atoms with Crippen molar-refractivity contribution in [1.29, 1.82) is 5.26 Å². The second kappa shape index (κ2) is 9.09. The lowest BCUT2D eigenvalue weighted by molar-refractivity contribution is 0.240. The predicted molar refractivity (Wildman–Crippen MR) is 94.9 cm³/mol. The zero-order valence-corrected chi connectivity index (χ0v) is 14.1. The van der Waals surface area contributed by atoms with E-state index in [1.165, 1.54) is 11.1 Å². The fourth-order valence-corrected chi connectivity index (χ4v) is 2.66. The van der Waals surface area contributed by atoms with Crippen molar-refractivity contribution in [2.75, 3.05) is 27.2 Å². The maximum Gasteiger partial charge on any atom is 0.0991 e. The first-order valence-corrected chi connectivity index (χ1v) is 8.07. The molecule has 0 aliphatic rings. The smallest absolute Gasteiger partial charge is 0.0991 e. The quantitative estimate of drug-likeness (QED) is 0.747. The fraction of sp³-hybridized carbons (Fsp3) is 0.350. The third-order valence-corrected chi connectivity index (χ3v) is 3.79. The normalized spacial score (nSPS) is 10.9. The number of hydrogen-bond acceptors (Lipinski definition) is 3. The second-order valence-corrected chi connectivity index (χ2v) is 6.17. The largest absolute Gasteiger partial charge is 0.309 e. The van der Waals surface area contributed by atoms with Crippen LogP contribution < -0.4 is 0 Å². The molecule has 0 fully saturated rings. The maximum absolute atomic E-state index is 9.06. The SMILES string of the molecule is CN(C)CCCN(Cc1ccccc1)Cc1cccc(C#N)c1. The van der Waals surface area contributed by atoms with Crippen LogP contribution in [0.2, 0.25) is 0 Å². The minimum absolute atomic E-state index is 0.732. The zero-order valence-electron chi connectivity index (χ0n) is 14.1. The molecule has 120 valence electrons. The van der Waals surface area contributed by atoms with Crippen LogP contribution in [0, 0.1) is 11.3 Å². The topological polar surface area (TPSA) is 30.3 Å². The molecule has 0 saturated carbocycles. The lowest BCUT2D eigenvalue weighted by Crippen LogP contribution is -2.26. The Morgan fingerprint density at radius 1 is 0.870 bits per heavy atom. The predicted octanol–water partition coefficient (Wildman–Crippen LogP) is 3.51. The molecule has 0 saturated heterocycles. The van der Waals surface area contributed by atoms with E-state index in [4.69, 9.17) is 5.26 Å². The van der Waals surface area contributed by atoms with Crippen molar-refractivity contribution in [1.82, 2.24) is 9.80 Å². The van der Waals surface area contributed by atoms with Crippen LogP contribution >= 0.6 is 0 Å². The number of rotatable bonds is 8. The molecule has 0 N–H and O–H groups in total. The van der Waals surface area contributed by atoms with Gasteiger partial charge in [0.05, 0.1) is 11.6 Å². The summed E-state index contributed by atoms with van der Waals surface area (Å²) in [6.07, 6.45) is 1.14. The van der Waals surface area contributed by atoms with Crippen LogP contribution in [0.25, 0.3) is 0 Å². The fourth-order valence-electron chi connectivity index (χ4n) is 2.66. The summed E-state index contributed by atoms with van der Waals surface area (Å²) in [6, 6.07) is 20.7. The molecule has 2 rings (SSSR count). The van der Waals surface area contributed by atoms with E-state index in [9.17, 15) is 0 Å². The lowest BCUT2D eigenvalue weighted by Gasteiger charge is -2.23. The van der Waals surface area contributed by atoms with Gasteiger partial charge in [0, 0.05) is 19.6 Å². The summed E-state index contributed by atoms with van der Waals surface area (Å²) in [4.78, 5) is 4.67. The summed E-state index contributed by atoms with van der Waals surface area (Å²) in [6.45, 7) is 3.94. The molecule has 0 bridgehead atoms. The lowest BCUT2D eigenvalue weighted by atomic mass is 10.1. The summed E-state index contributed by atoms with van der Waals surface area (Å²) in [5.74, 6) is 0. The Morgan fingerprint density at radius 3 is 2.26 bits per heavy atom. The molecule has 0 amide bonds. The molecule has 0 aromatic heterocycles. The molecule has 2 aromatic carbocycles. The van der Waals surface area contributed by atoms with Gasteiger partial charge in [-0.15, -0.1) is 0 Å². The molecule has 0 aliphatic carbocycles. The Morgan fingerprint density at radius 2 is 1.57 bits per heavy atom. The molecular weight excluding hydrogens is 282 g/mol. The van der Waals surface area contributed by atoms with Gasteiger partial charge >= 0.3 is 0 Å². The molecule has 2 aromatic rings. The van der Waals surface area contributed by atoms with Gasteiger partial charge < -0.3 is 4.90 Å². The van der Waals surface area contributed by atoms with Gasteiger partial charge in [0.15, 0.2) is 0 Å². The third kappa shape index (κ3) is 6.23. The number of hydrogen-bond donors (Lipinski definition) is 0. The van der Waals surface area contributed by atoms with Gasteiger partial charge in [-0.2, -0.15) is 5.26 Å². The van der Waals surface area contributed by atoms with E-state index in [1.54, 1.807) is 0 Å². The van der Waals surface area contributed by atoms with Crippen LogP contribution in [0.1, 0.15) is 23.1 Å². The van der Waals surface area contributed by atoms with Gasteiger partial charge in [-0.25, -0.2) is 0 Å². The number of nitriles is 1. The highest BCUT2D eigenvalue weighted by atomic mass is 15.1. The van der Waals surface area contributed by atoms with E-state index in [1.807, 2.05) is 18.2 Å². The highest BCUT2D eigenvalue weighted by molar-refractivity contribution is 5.32. The van der Waals surface area contributed by atoms with E-state index < -0.39 is 0 Å². The van der Waals surface area contributed by atoms with Crippen molar-refractivity contribution in [3.05, 3.63) is 71.3 Å². The van der Waals surface area contributed by atoms with Gasteiger partial charge in [0.2, 0.25) is 0 Å². The number of benzene rings is 2. The Labute approximate surface area is 139 Å². The van der Waals surface area contributed by atoms with Crippen LogP contribution in [-0.2, 0) is 13.1 Å². The Kier molecular flexibility index (Phi) is 6.80. The first kappa shape index (κ1) is 17.2. The van der Waals surface area contributed by atoms with E-state index in [-0.39, 0.29) is 0 Å². The molecule has 23 heavy (non-hydrogen) atoms. The van der Waals surface area contributed by atoms with Crippen LogP contribution in [0.5, 0.6) is 0 Å². The molecule has 0 atom stereocenters. The molecule has 0 heterocycles. The Hall–Kier alpha value is -2.15. The van der Waals surface area contributed by atoms with Crippen molar-refractivity contribution in [3.8, 4) is 6.07 Å². The molecular formula is C20H25N3. The van der Waals surface area contributed by atoms with E-state index in [0.29, 0.717) is 0 Å². The first-order valence-electron chi connectivity index (χ1n) is 8.07. The summed E-state index contributed by atoms with van der Waals surface area (Å²) >= 11 is 0. The monoisotopic (exact) mass is 307 g/mol. The molecule has 0 radical (unpaired) electrons. The average molecular weight is 307 g/mol. The van der Waals surface area contributed by atoms with Crippen molar-refractivity contribution >= 4 is 0 Å². The first-order chi connectivity index (χ1) is 11.2. The molecule has 0 spiro atoms. The highest BCUT2D eigenvalue weighted by Crippen LogP contribution is 2.12. The number of nitrogens with zero attached hydrogens (tertiary/aromatic N) is 3. The molecule has 3 nitrogen and oxygen atoms in total. The van der Waals surface area contributed by atoms with Crippen LogP contribution in [0.15, 0.2) is 54.6 Å². The minimum atomic E-state index is 0.732. The Balaban J connectivity index is 2.04. The van der Waals surface area contributed by atoms with Gasteiger partial charge in [-0.1, -0.05) is 42.5 Å². The van der Waals surface area contributed by atoms with Crippen LogP contribution in [-0.4, -0.2) is 37.0 Å². The van der Waals surface area contributed by atoms with E-state index in [2.05, 4.69) is 66.4 Å². The standard InChI is InChI=1S/C20H25N3/c1-22(2)12-7-13-23(16-18-8-4-3-5-9-18)17-20-11-6-10-19(14-20)15-21/h3-6,8-11,14H,7,12-13,16-17H2,1-2H3. The van der Waals surface area contributed by atoms with Gasteiger partial charge in [0.25, 0.3) is 0 Å². The van der Waals surface area contributed by atoms with Gasteiger partial charge in [0.1, 0.15) is 0 Å². The average Bonchev–Trinajstić information content (AvgIpc) is 2.55.